The molecule has 0 N–H and O–H groups in total. The first-order chi connectivity index (χ1) is 11.2. The van der Waals surface area contributed by atoms with Crippen molar-refractivity contribution in [1.29, 1.82) is 0 Å². The summed E-state index contributed by atoms with van der Waals surface area (Å²) in [4.78, 5) is -0.0977. The fourth-order valence-electron chi connectivity index (χ4n) is 2.55. The molecule has 0 fully saturated rings. The summed E-state index contributed by atoms with van der Waals surface area (Å²) in [5.74, 6) is 0. The van der Waals surface area contributed by atoms with Crippen LogP contribution in [0.25, 0.3) is 5.57 Å². The van der Waals surface area contributed by atoms with E-state index in [2.05, 4.69) is 0 Å². The molecule has 0 amide bonds. The number of hydrogen-bond donors (Lipinski definition) is 0. The first kappa shape index (κ1) is 16.7. The van der Waals surface area contributed by atoms with E-state index >= 15 is 0 Å². The fourth-order valence-corrected chi connectivity index (χ4v) is 3.56. The van der Waals surface area contributed by atoms with Crippen LogP contribution in [-0.4, -0.2) is 14.6 Å². The maximum Gasteiger partial charge on any atom is 0.416 e. The lowest BCUT2D eigenvalue weighted by atomic mass is 10.1. The van der Waals surface area contributed by atoms with Gasteiger partial charge in [-0.15, -0.1) is 0 Å². The molecule has 7 heteroatoms. The standard InChI is InChI=1S/C17H13F3O3S/c1-11-6-8-12(9-7-11)24(21,22)23-16-10-15(17(18,19)20)13-4-2-3-5-14(13)16/h2-10,16H,1H3. The lowest BCUT2D eigenvalue weighted by Crippen LogP contribution is -2.10. The third-order valence-electron chi connectivity index (χ3n) is 3.72. The zero-order chi connectivity index (χ0) is 17.5. The highest BCUT2D eigenvalue weighted by Crippen LogP contribution is 2.45. The van der Waals surface area contributed by atoms with Crippen molar-refractivity contribution in [1.82, 2.24) is 0 Å². The van der Waals surface area contributed by atoms with Crippen molar-refractivity contribution in [2.45, 2.75) is 24.1 Å². The average Bonchev–Trinajstić information content (AvgIpc) is 2.86. The number of allylic oxidation sites excluding steroid dienone is 1. The van der Waals surface area contributed by atoms with Gasteiger partial charge in [-0.1, -0.05) is 42.0 Å². The van der Waals surface area contributed by atoms with Crippen molar-refractivity contribution < 1.29 is 25.8 Å². The van der Waals surface area contributed by atoms with Crippen LogP contribution in [0.2, 0.25) is 0 Å². The number of aryl methyl sites for hydroxylation is 1. The Labute approximate surface area is 137 Å². The second-order valence-electron chi connectivity index (χ2n) is 5.45. The van der Waals surface area contributed by atoms with Crippen LogP contribution in [0.3, 0.4) is 0 Å². The zero-order valence-corrected chi connectivity index (χ0v) is 13.4. The van der Waals surface area contributed by atoms with E-state index in [1.165, 1.54) is 30.3 Å². The normalized spacial score (nSPS) is 17.5. The molecule has 0 saturated carbocycles. The molecule has 0 heterocycles. The summed E-state index contributed by atoms with van der Waals surface area (Å²) in [6.45, 7) is 1.79. The van der Waals surface area contributed by atoms with E-state index in [4.69, 9.17) is 4.18 Å². The number of fused-ring (bicyclic) bond motifs is 1. The first-order valence-electron chi connectivity index (χ1n) is 7.07. The van der Waals surface area contributed by atoms with Crippen LogP contribution in [0.15, 0.2) is 59.5 Å². The number of hydrogen-bond acceptors (Lipinski definition) is 3. The quantitative estimate of drug-likeness (QED) is 0.768. The van der Waals surface area contributed by atoms with Crippen LogP contribution >= 0.6 is 0 Å². The van der Waals surface area contributed by atoms with E-state index in [1.54, 1.807) is 25.1 Å². The molecule has 2 aromatic rings. The predicted molar refractivity (Wildman–Crippen MR) is 82.7 cm³/mol. The number of halogens is 3. The van der Waals surface area contributed by atoms with Gasteiger partial charge in [0.1, 0.15) is 6.10 Å². The number of benzene rings is 2. The number of rotatable bonds is 3. The predicted octanol–water partition coefficient (Wildman–Crippen LogP) is 4.40. The molecule has 2 aromatic carbocycles. The molecule has 0 aliphatic heterocycles. The van der Waals surface area contributed by atoms with Gasteiger partial charge in [-0.2, -0.15) is 21.6 Å². The highest BCUT2D eigenvalue weighted by atomic mass is 32.2. The number of alkyl halides is 3. The Morgan fingerprint density at radius 1 is 1.00 bits per heavy atom. The minimum absolute atomic E-state index is 0.0610. The van der Waals surface area contributed by atoms with Gasteiger partial charge < -0.3 is 0 Å². The second kappa shape index (κ2) is 5.75. The van der Waals surface area contributed by atoms with E-state index in [-0.39, 0.29) is 16.0 Å². The molecular weight excluding hydrogens is 341 g/mol. The van der Waals surface area contributed by atoms with Gasteiger partial charge in [0, 0.05) is 0 Å². The lowest BCUT2D eigenvalue weighted by molar-refractivity contribution is -0.0689. The fraction of sp³-hybridized carbons (Fsp3) is 0.176. The van der Waals surface area contributed by atoms with Crippen LogP contribution in [0.1, 0.15) is 22.8 Å². The summed E-state index contributed by atoms with van der Waals surface area (Å²) in [5.41, 5.74) is 0.0937. The molecule has 1 aliphatic carbocycles. The minimum atomic E-state index is -4.58. The largest absolute Gasteiger partial charge is 0.416 e. The highest BCUT2D eigenvalue weighted by molar-refractivity contribution is 7.86. The molecule has 1 aliphatic rings. The van der Waals surface area contributed by atoms with Gasteiger partial charge in [0.05, 0.1) is 10.5 Å². The molecule has 0 bridgehead atoms. The van der Waals surface area contributed by atoms with Crippen LogP contribution in [0.4, 0.5) is 13.2 Å². The van der Waals surface area contributed by atoms with Crippen LogP contribution in [-0.2, 0) is 14.3 Å². The van der Waals surface area contributed by atoms with Crippen molar-refractivity contribution in [3.05, 3.63) is 71.3 Å². The van der Waals surface area contributed by atoms with E-state index < -0.39 is 28.0 Å². The molecule has 0 spiro atoms. The smallest absolute Gasteiger partial charge is 0.254 e. The van der Waals surface area contributed by atoms with Gasteiger partial charge in [-0.3, -0.25) is 4.18 Å². The molecule has 0 saturated heterocycles. The summed E-state index contributed by atoms with van der Waals surface area (Å²) in [6.07, 6.45) is -5.08. The molecule has 24 heavy (non-hydrogen) atoms. The van der Waals surface area contributed by atoms with Gasteiger partial charge in [0.15, 0.2) is 0 Å². The Kier molecular flexibility index (Phi) is 4.01. The van der Waals surface area contributed by atoms with E-state index in [0.29, 0.717) is 0 Å². The minimum Gasteiger partial charge on any atom is -0.254 e. The highest BCUT2D eigenvalue weighted by Gasteiger charge is 2.41. The summed E-state index contributed by atoms with van der Waals surface area (Å²) in [5, 5.41) is 0. The first-order valence-corrected chi connectivity index (χ1v) is 8.47. The second-order valence-corrected chi connectivity index (χ2v) is 7.02. The lowest BCUT2D eigenvalue weighted by Gasteiger charge is -2.12. The van der Waals surface area contributed by atoms with E-state index in [0.717, 1.165) is 11.6 Å². The van der Waals surface area contributed by atoms with Gasteiger partial charge in [0.25, 0.3) is 10.1 Å². The van der Waals surface area contributed by atoms with Crippen molar-refractivity contribution in [3.8, 4) is 0 Å². The average molecular weight is 354 g/mol. The zero-order valence-electron chi connectivity index (χ0n) is 12.5. The van der Waals surface area contributed by atoms with Crippen molar-refractivity contribution in [2.75, 3.05) is 0 Å². The molecule has 1 unspecified atom stereocenters. The summed E-state index contributed by atoms with van der Waals surface area (Å²) in [6, 6.07) is 11.7. The van der Waals surface area contributed by atoms with Crippen molar-refractivity contribution >= 4 is 15.7 Å². The third-order valence-corrected chi connectivity index (χ3v) is 5.03. The Morgan fingerprint density at radius 3 is 2.25 bits per heavy atom. The Morgan fingerprint density at radius 2 is 1.62 bits per heavy atom. The monoisotopic (exact) mass is 354 g/mol. The van der Waals surface area contributed by atoms with Crippen molar-refractivity contribution in [3.63, 3.8) is 0 Å². The van der Waals surface area contributed by atoms with Gasteiger partial charge >= 0.3 is 6.18 Å². The Hall–Kier alpha value is -2.12. The topological polar surface area (TPSA) is 43.4 Å². The molecule has 126 valence electrons. The molecular formula is C17H13F3O3S. The van der Waals surface area contributed by atoms with E-state index in [1.807, 2.05) is 0 Å². The molecule has 1 atom stereocenters. The van der Waals surface area contributed by atoms with E-state index in [9.17, 15) is 21.6 Å². The van der Waals surface area contributed by atoms with Crippen LogP contribution < -0.4 is 0 Å². The van der Waals surface area contributed by atoms with Crippen LogP contribution in [0.5, 0.6) is 0 Å². The van der Waals surface area contributed by atoms with Gasteiger partial charge in [-0.25, -0.2) is 0 Å². The third kappa shape index (κ3) is 3.09. The molecule has 3 rings (SSSR count). The SMILES string of the molecule is Cc1ccc(S(=O)(=O)OC2C=C(C(F)(F)F)c3ccccc32)cc1. The molecule has 0 radical (unpaired) electrons. The Balaban J connectivity index is 1.98. The van der Waals surface area contributed by atoms with Gasteiger partial charge in [-0.05, 0) is 36.3 Å². The van der Waals surface area contributed by atoms with Crippen molar-refractivity contribution in [2.24, 2.45) is 0 Å². The van der Waals surface area contributed by atoms with Crippen LogP contribution in [0, 0.1) is 6.92 Å². The maximum absolute atomic E-state index is 13.1. The molecule has 3 nitrogen and oxygen atoms in total. The Bertz CT molecular complexity index is 897. The summed E-state index contributed by atoms with van der Waals surface area (Å²) < 4.78 is 69.2. The summed E-state index contributed by atoms with van der Waals surface area (Å²) >= 11 is 0. The molecule has 0 aromatic heterocycles. The maximum atomic E-state index is 13.1. The summed E-state index contributed by atoms with van der Waals surface area (Å²) in [7, 11) is -4.18. The van der Waals surface area contributed by atoms with Gasteiger partial charge in [0.2, 0.25) is 0 Å².